The second-order valence-electron chi connectivity index (χ2n) is 6.59. The Kier molecular flexibility index (Phi) is 5.44. The van der Waals surface area contributed by atoms with E-state index in [9.17, 15) is 0 Å². The first-order chi connectivity index (χ1) is 9.51. The van der Waals surface area contributed by atoms with Gasteiger partial charge in [-0.2, -0.15) is 0 Å². The molecule has 0 spiro atoms. The number of aromatic nitrogens is 1. The van der Waals surface area contributed by atoms with Crippen molar-refractivity contribution in [2.75, 3.05) is 24.5 Å². The molecule has 0 radical (unpaired) electrons. The van der Waals surface area contributed by atoms with Crippen molar-refractivity contribution < 1.29 is 0 Å². The molecule has 2 unspecified atom stereocenters. The summed E-state index contributed by atoms with van der Waals surface area (Å²) in [6.45, 7) is 15.7. The summed E-state index contributed by atoms with van der Waals surface area (Å²) in [6, 6.07) is 0. The number of nitrogens with one attached hydrogen (secondary N) is 1. The van der Waals surface area contributed by atoms with Crippen LogP contribution in [0.15, 0.2) is 0 Å². The fourth-order valence-electron chi connectivity index (χ4n) is 3.12. The van der Waals surface area contributed by atoms with Crippen molar-refractivity contribution in [1.82, 2.24) is 10.3 Å². The first kappa shape index (κ1) is 15.8. The van der Waals surface area contributed by atoms with E-state index in [0.29, 0.717) is 5.92 Å². The van der Waals surface area contributed by atoms with E-state index >= 15 is 0 Å². The first-order valence-electron chi connectivity index (χ1n) is 7.96. The third kappa shape index (κ3) is 3.73. The van der Waals surface area contributed by atoms with Crippen LogP contribution in [0.4, 0.5) is 5.13 Å². The van der Waals surface area contributed by atoms with E-state index in [1.807, 2.05) is 11.3 Å². The zero-order chi connectivity index (χ0) is 14.7. The van der Waals surface area contributed by atoms with Gasteiger partial charge in [-0.25, -0.2) is 4.98 Å². The highest BCUT2D eigenvalue weighted by molar-refractivity contribution is 7.15. The molecule has 0 aromatic carbocycles. The van der Waals surface area contributed by atoms with Gasteiger partial charge in [0, 0.05) is 24.5 Å². The van der Waals surface area contributed by atoms with Crippen LogP contribution in [0.25, 0.3) is 0 Å². The zero-order valence-electron chi connectivity index (χ0n) is 13.6. The third-order valence-corrected chi connectivity index (χ3v) is 5.07. The molecule has 3 nitrogen and oxygen atoms in total. The fourth-order valence-corrected chi connectivity index (χ4v) is 4.32. The number of anilines is 1. The lowest BCUT2D eigenvalue weighted by atomic mass is 9.92. The fraction of sp³-hybridized carbons (Fsp3) is 0.812. The van der Waals surface area contributed by atoms with Crippen molar-refractivity contribution in [3.05, 3.63) is 10.6 Å². The SMILES string of the molecule is CCNCc1sc(N2CC(C)CC(C)C2)nc1C(C)C. The van der Waals surface area contributed by atoms with E-state index in [1.54, 1.807) is 0 Å². The van der Waals surface area contributed by atoms with Gasteiger partial charge in [0.1, 0.15) is 0 Å². The molecule has 2 heterocycles. The minimum absolute atomic E-state index is 0.508. The number of rotatable bonds is 5. The molecule has 1 aromatic heterocycles. The predicted octanol–water partition coefficient (Wildman–Crippen LogP) is 3.86. The molecule has 1 aliphatic heterocycles. The summed E-state index contributed by atoms with van der Waals surface area (Å²) in [5.74, 6) is 2.07. The minimum atomic E-state index is 0.508. The molecule has 1 saturated heterocycles. The second-order valence-corrected chi connectivity index (χ2v) is 7.65. The van der Waals surface area contributed by atoms with Gasteiger partial charge in [0.25, 0.3) is 0 Å². The maximum absolute atomic E-state index is 4.96. The quantitative estimate of drug-likeness (QED) is 0.894. The molecule has 1 aromatic rings. The van der Waals surface area contributed by atoms with E-state index in [4.69, 9.17) is 4.98 Å². The van der Waals surface area contributed by atoms with E-state index in [-0.39, 0.29) is 0 Å². The molecule has 0 saturated carbocycles. The Morgan fingerprint density at radius 2 is 1.95 bits per heavy atom. The zero-order valence-corrected chi connectivity index (χ0v) is 14.4. The smallest absolute Gasteiger partial charge is 0.185 e. The van der Waals surface area contributed by atoms with Crippen molar-refractivity contribution in [2.45, 2.75) is 53.5 Å². The normalized spacial score (nSPS) is 23.6. The molecule has 1 N–H and O–H groups in total. The molecule has 2 rings (SSSR count). The van der Waals surface area contributed by atoms with Gasteiger partial charge in [-0.05, 0) is 30.7 Å². The number of nitrogens with zero attached hydrogens (tertiary/aromatic N) is 2. The second kappa shape index (κ2) is 6.90. The van der Waals surface area contributed by atoms with E-state index in [0.717, 1.165) is 38.0 Å². The molecule has 0 bridgehead atoms. The van der Waals surface area contributed by atoms with Gasteiger partial charge in [-0.3, -0.25) is 0 Å². The lowest BCUT2D eigenvalue weighted by Crippen LogP contribution is -2.38. The number of hydrogen-bond acceptors (Lipinski definition) is 4. The van der Waals surface area contributed by atoms with Crippen molar-refractivity contribution in [3.63, 3.8) is 0 Å². The van der Waals surface area contributed by atoms with Gasteiger partial charge in [0.15, 0.2) is 5.13 Å². The lowest BCUT2D eigenvalue weighted by molar-refractivity contribution is 0.356. The highest BCUT2D eigenvalue weighted by Gasteiger charge is 2.25. The van der Waals surface area contributed by atoms with Gasteiger partial charge in [-0.15, -0.1) is 11.3 Å². The van der Waals surface area contributed by atoms with Crippen molar-refractivity contribution in [1.29, 1.82) is 0 Å². The van der Waals surface area contributed by atoms with Crippen LogP contribution < -0.4 is 10.2 Å². The minimum Gasteiger partial charge on any atom is -0.348 e. The number of thiazole rings is 1. The van der Waals surface area contributed by atoms with Gasteiger partial charge in [0.05, 0.1) is 5.69 Å². The highest BCUT2D eigenvalue weighted by Crippen LogP contribution is 2.34. The van der Waals surface area contributed by atoms with Crippen LogP contribution in [-0.4, -0.2) is 24.6 Å². The van der Waals surface area contributed by atoms with Crippen molar-refractivity contribution >= 4 is 16.5 Å². The summed E-state index contributed by atoms with van der Waals surface area (Å²) >= 11 is 1.89. The van der Waals surface area contributed by atoms with Crippen LogP contribution >= 0.6 is 11.3 Å². The molecule has 4 heteroatoms. The summed E-state index contributed by atoms with van der Waals surface area (Å²) in [7, 11) is 0. The Hall–Kier alpha value is -0.610. The molecule has 1 aliphatic rings. The Morgan fingerprint density at radius 1 is 1.30 bits per heavy atom. The van der Waals surface area contributed by atoms with E-state index in [1.165, 1.54) is 22.1 Å². The number of hydrogen-bond donors (Lipinski definition) is 1. The molecular formula is C16H29N3S. The Balaban J connectivity index is 2.18. The van der Waals surface area contributed by atoms with Crippen LogP contribution in [0.2, 0.25) is 0 Å². The van der Waals surface area contributed by atoms with Gasteiger partial charge in [0.2, 0.25) is 0 Å². The molecule has 20 heavy (non-hydrogen) atoms. The molecule has 2 atom stereocenters. The largest absolute Gasteiger partial charge is 0.348 e. The van der Waals surface area contributed by atoms with Crippen LogP contribution in [0.5, 0.6) is 0 Å². The highest BCUT2D eigenvalue weighted by atomic mass is 32.1. The van der Waals surface area contributed by atoms with Crippen molar-refractivity contribution in [3.8, 4) is 0 Å². The third-order valence-electron chi connectivity index (χ3n) is 3.94. The maximum atomic E-state index is 4.96. The van der Waals surface area contributed by atoms with Crippen LogP contribution in [0, 0.1) is 11.8 Å². The van der Waals surface area contributed by atoms with E-state index < -0.39 is 0 Å². The average molecular weight is 295 g/mol. The summed E-state index contributed by atoms with van der Waals surface area (Å²) in [5, 5.41) is 4.68. The summed E-state index contributed by atoms with van der Waals surface area (Å²) in [4.78, 5) is 8.88. The predicted molar refractivity (Wildman–Crippen MR) is 88.7 cm³/mol. The Bertz CT molecular complexity index is 417. The number of piperidine rings is 1. The summed E-state index contributed by atoms with van der Waals surface area (Å²) in [6.07, 6.45) is 1.35. The van der Waals surface area contributed by atoms with E-state index in [2.05, 4.69) is 44.8 Å². The summed E-state index contributed by atoms with van der Waals surface area (Å²) < 4.78 is 0. The van der Waals surface area contributed by atoms with Crippen LogP contribution in [-0.2, 0) is 6.54 Å². The van der Waals surface area contributed by atoms with Crippen LogP contribution in [0.1, 0.15) is 57.5 Å². The first-order valence-corrected chi connectivity index (χ1v) is 8.78. The van der Waals surface area contributed by atoms with Gasteiger partial charge in [-0.1, -0.05) is 34.6 Å². The molecule has 0 aliphatic carbocycles. The Morgan fingerprint density at radius 3 is 2.50 bits per heavy atom. The average Bonchev–Trinajstić information content (AvgIpc) is 2.79. The van der Waals surface area contributed by atoms with Crippen molar-refractivity contribution in [2.24, 2.45) is 11.8 Å². The molecule has 0 amide bonds. The monoisotopic (exact) mass is 295 g/mol. The van der Waals surface area contributed by atoms with Gasteiger partial charge >= 0.3 is 0 Å². The molecule has 1 fully saturated rings. The summed E-state index contributed by atoms with van der Waals surface area (Å²) in [5.41, 5.74) is 1.29. The molecule has 114 valence electrons. The standard InChI is InChI=1S/C16H29N3S/c1-6-17-8-14-15(11(2)3)18-16(20-14)19-9-12(4)7-13(5)10-19/h11-13,17H,6-10H2,1-5H3. The molecular weight excluding hydrogens is 266 g/mol. The topological polar surface area (TPSA) is 28.2 Å². The van der Waals surface area contributed by atoms with Gasteiger partial charge < -0.3 is 10.2 Å². The lowest BCUT2D eigenvalue weighted by Gasteiger charge is -2.34. The maximum Gasteiger partial charge on any atom is 0.185 e. The Labute approximate surface area is 127 Å². The van der Waals surface area contributed by atoms with Crippen LogP contribution in [0.3, 0.4) is 0 Å².